The van der Waals surface area contributed by atoms with Gasteiger partial charge in [0.15, 0.2) is 5.60 Å². The van der Waals surface area contributed by atoms with E-state index in [2.05, 4.69) is 29.6 Å². The maximum Gasteiger partial charge on any atom is 0.410 e. The van der Waals surface area contributed by atoms with Gasteiger partial charge in [0.1, 0.15) is 12.6 Å². The minimum absolute atomic E-state index is 0.0871. The van der Waals surface area contributed by atoms with Crippen molar-refractivity contribution in [2.45, 2.75) is 30.4 Å². The Morgan fingerprint density at radius 2 is 1.23 bits per heavy atom. The third kappa shape index (κ3) is 5.51. The molecule has 0 radical (unpaired) electrons. The van der Waals surface area contributed by atoms with Crippen LogP contribution in [0.5, 0.6) is 0 Å². The summed E-state index contributed by atoms with van der Waals surface area (Å²) in [6.45, 7) is 0.557. The number of amides is 2. The molecule has 7 nitrogen and oxygen atoms in total. The van der Waals surface area contributed by atoms with E-state index in [0.717, 1.165) is 33.4 Å². The molecule has 2 amide bonds. The van der Waals surface area contributed by atoms with E-state index in [1.54, 1.807) is 19.2 Å². The number of fused-ring (bicyclic) bond motifs is 3. The predicted molar refractivity (Wildman–Crippen MR) is 183 cm³/mol. The van der Waals surface area contributed by atoms with Crippen LogP contribution < -0.4 is 5.32 Å². The summed E-state index contributed by atoms with van der Waals surface area (Å²) in [7, 11) is 1.58. The minimum atomic E-state index is -1.35. The summed E-state index contributed by atoms with van der Waals surface area (Å²) in [6.07, 6.45) is 0.573. The highest BCUT2D eigenvalue weighted by Gasteiger charge is 2.45. The van der Waals surface area contributed by atoms with Crippen LogP contribution in [0.4, 0.5) is 4.79 Å². The average Bonchev–Trinajstić information content (AvgIpc) is 3.77. The molecular weight excluding hydrogens is 600 g/mol. The number of benzene rings is 5. The number of nitrogens with one attached hydrogen (secondary N) is 1. The Morgan fingerprint density at radius 3 is 1.79 bits per heavy atom. The van der Waals surface area contributed by atoms with E-state index in [-0.39, 0.29) is 18.4 Å². The quantitative estimate of drug-likeness (QED) is 0.143. The van der Waals surface area contributed by atoms with Crippen LogP contribution in [0.2, 0.25) is 0 Å². The zero-order chi connectivity index (χ0) is 33.1. The maximum absolute atomic E-state index is 14.4. The van der Waals surface area contributed by atoms with E-state index in [9.17, 15) is 14.4 Å². The van der Waals surface area contributed by atoms with Crippen molar-refractivity contribution in [2.24, 2.45) is 0 Å². The molecule has 7 rings (SSSR count). The van der Waals surface area contributed by atoms with Crippen LogP contribution in [-0.4, -0.2) is 49.1 Å². The largest absolute Gasteiger partial charge is 0.448 e. The lowest BCUT2D eigenvalue weighted by Gasteiger charge is -2.37. The highest BCUT2D eigenvalue weighted by atomic mass is 16.6. The monoisotopic (exact) mass is 636 g/mol. The summed E-state index contributed by atoms with van der Waals surface area (Å²) in [6, 6.07) is 41.8. The lowest BCUT2D eigenvalue weighted by atomic mass is 9.79. The van der Waals surface area contributed by atoms with Gasteiger partial charge in [-0.05, 0) is 47.2 Å². The molecule has 1 fully saturated rings. The highest BCUT2D eigenvalue weighted by molar-refractivity contribution is 5.94. The second kappa shape index (κ2) is 13.2. The molecule has 48 heavy (non-hydrogen) atoms. The van der Waals surface area contributed by atoms with Crippen molar-refractivity contribution < 1.29 is 23.9 Å². The van der Waals surface area contributed by atoms with Gasteiger partial charge in [-0.3, -0.25) is 9.69 Å². The first-order valence-electron chi connectivity index (χ1n) is 16.3. The molecule has 1 heterocycles. The molecule has 1 atom stereocenters. The summed E-state index contributed by atoms with van der Waals surface area (Å²) < 4.78 is 12.6. The van der Waals surface area contributed by atoms with Crippen LogP contribution in [0.25, 0.3) is 11.1 Å². The van der Waals surface area contributed by atoms with E-state index < -0.39 is 23.7 Å². The lowest BCUT2D eigenvalue weighted by Crippen LogP contribution is -2.46. The van der Waals surface area contributed by atoms with Gasteiger partial charge in [0, 0.05) is 41.8 Å². The normalized spacial score (nSPS) is 15.4. The van der Waals surface area contributed by atoms with Crippen LogP contribution >= 0.6 is 0 Å². The van der Waals surface area contributed by atoms with Crippen LogP contribution in [0.1, 0.15) is 56.9 Å². The van der Waals surface area contributed by atoms with Crippen molar-refractivity contribution in [1.82, 2.24) is 10.2 Å². The Bertz CT molecular complexity index is 1860. The number of hydrogen-bond donors (Lipinski definition) is 1. The number of likely N-dealkylation sites (tertiary alicyclic amines) is 1. The first kappa shape index (κ1) is 30.9. The van der Waals surface area contributed by atoms with Crippen LogP contribution in [0, 0.1) is 0 Å². The number of ether oxygens (including phenoxy) is 2. The van der Waals surface area contributed by atoms with Crippen molar-refractivity contribution in [3.05, 3.63) is 167 Å². The van der Waals surface area contributed by atoms with Crippen molar-refractivity contribution in [1.29, 1.82) is 0 Å². The molecule has 0 aromatic heterocycles. The standard InChI is InChI=1S/C41H36N2O5/c1-42-38(44)28-22-24-31(25-23-28)41(29-13-4-2-5-14-29,30-15-6-3-7-16-30)48-39(45)37-21-12-26-43(37)40(46)47-27-36-34-19-10-8-17-32(34)33-18-9-11-20-35(33)36/h2-11,13-20,22-25,36-37H,12,21,26-27H2,1H3,(H,42,44)/t37-/m0/s1. The van der Waals surface area contributed by atoms with Crippen LogP contribution in [-0.2, 0) is 19.9 Å². The number of nitrogens with zero attached hydrogens (tertiary/aromatic N) is 1. The first-order valence-corrected chi connectivity index (χ1v) is 16.3. The first-order chi connectivity index (χ1) is 23.5. The van der Waals surface area contributed by atoms with Gasteiger partial charge in [0.05, 0.1) is 0 Å². The zero-order valence-electron chi connectivity index (χ0n) is 26.7. The molecule has 7 heteroatoms. The molecule has 1 aliphatic carbocycles. The second-order valence-corrected chi connectivity index (χ2v) is 12.1. The van der Waals surface area contributed by atoms with Crippen molar-refractivity contribution in [3.63, 3.8) is 0 Å². The van der Waals surface area contributed by atoms with Gasteiger partial charge < -0.3 is 14.8 Å². The van der Waals surface area contributed by atoms with Crippen molar-refractivity contribution >= 4 is 18.0 Å². The average molecular weight is 637 g/mol. The van der Waals surface area contributed by atoms with Crippen molar-refractivity contribution in [3.8, 4) is 11.1 Å². The fraction of sp³-hybridized carbons (Fsp3) is 0.195. The fourth-order valence-electron chi connectivity index (χ4n) is 7.15. The molecule has 240 valence electrons. The summed E-state index contributed by atoms with van der Waals surface area (Å²) in [4.78, 5) is 42.0. The molecular formula is C41H36N2O5. The number of esters is 1. The van der Waals surface area contributed by atoms with E-state index in [1.165, 1.54) is 4.90 Å². The Balaban J connectivity index is 1.18. The lowest BCUT2D eigenvalue weighted by molar-refractivity contribution is -0.158. The molecule has 5 aromatic carbocycles. The fourth-order valence-corrected chi connectivity index (χ4v) is 7.15. The summed E-state index contributed by atoms with van der Waals surface area (Å²) in [5, 5.41) is 2.65. The second-order valence-electron chi connectivity index (χ2n) is 12.1. The van der Waals surface area contributed by atoms with Crippen LogP contribution in [0.3, 0.4) is 0 Å². The van der Waals surface area contributed by atoms with Gasteiger partial charge in [-0.15, -0.1) is 0 Å². The number of carbonyl (C=O) groups is 3. The molecule has 0 unspecified atom stereocenters. The third-order valence-corrected chi connectivity index (χ3v) is 9.49. The van der Waals surface area contributed by atoms with Crippen LogP contribution in [0.15, 0.2) is 133 Å². The molecule has 1 saturated heterocycles. The molecule has 1 aliphatic heterocycles. The Morgan fingerprint density at radius 1 is 0.708 bits per heavy atom. The molecule has 2 aliphatic rings. The molecule has 0 spiro atoms. The summed E-state index contributed by atoms with van der Waals surface area (Å²) in [5.74, 6) is -0.826. The van der Waals surface area contributed by atoms with Gasteiger partial charge in [-0.1, -0.05) is 121 Å². The topological polar surface area (TPSA) is 84.9 Å². The van der Waals surface area contributed by atoms with Crippen molar-refractivity contribution in [2.75, 3.05) is 20.2 Å². The SMILES string of the molecule is CNC(=O)c1ccc(C(OC(=O)[C@@H]2CCCN2C(=O)OCC2c3ccccc3-c3ccccc32)(c2ccccc2)c2ccccc2)cc1. The maximum atomic E-state index is 14.4. The Labute approximate surface area is 280 Å². The summed E-state index contributed by atoms with van der Waals surface area (Å²) >= 11 is 0. The highest BCUT2D eigenvalue weighted by Crippen LogP contribution is 2.45. The van der Waals surface area contributed by atoms with Gasteiger partial charge in [-0.25, -0.2) is 9.59 Å². The number of carbonyl (C=O) groups excluding carboxylic acids is 3. The smallest absolute Gasteiger partial charge is 0.410 e. The van der Waals surface area contributed by atoms with Gasteiger partial charge in [0.2, 0.25) is 0 Å². The number of rotatable bonds is 8. The molecule has 5 aromatic rings. The molecule has 0 saturated carbocycles. The van der Waals surface area contributed by atoms with E-state index in [0.29, 0.717) is 30.5 Å². The van der Waals surface area contributed by atoms with Gasteiger partial charge >= 0.3 is 12.1 Å². The van der Waals surface area contributed by atoms with Gasteiger partial charge in [0.25, 0.3) is 5.91 Å². The van der Waals surface area contributed by atoms with E-state index >= 15 is 0 Å². The minimum Gasteiger partial charge on any atom is -0.448 e. The predicted octanol–water partition coefficient (Wildman–Crippen LogP) is 7.29. The number of hydrogen-bond acceptors (Lipinski definition) is 5. The Kier molecular flexibility index (Phi) is 8.51. The third-order valence-electron chi connectivity index (χ3n) is 9.49. The van der Waals surface area contributed by atoms with E-state index in [1.807, 2.05) is 97.1 Å². The molecule has 0 bridgehead atoms. The van der Waals surface area contributed by atoms with Gasteiger partial charge in [-0.2, -0.15) is 0 Å². The van der Waals surface area contributed by atoms with E-state index in [4.69, 9.17) is 9.47 Å². The Hall–Kier alpha value is -5.69. The molecule has 1 N–H and O–H groups in total. The summed E-state index contributed by atoms with van der Waals surface area (Å²) in [5.41, 5.74) is 5.84. The zero-order valence-corrected chi connectivity index (χ0v) is 26.7.